The second-order valence-corrected chi connectivity index (χ2v) is 10.6. The number of benzene rings is 1. The highest BCUT2D eigenvalue weighted by molar-refractivity contribution is 6.69. The van der Waals surface area contributed by atoms with Gasteiger partial charge in [-0.3, -0.25) is 0 Å². The predicted molar refractivity (Wildman–Crippen MR) is 83.4 cm³/mol. The monoisotopic (exact) mass is 262 g/mol. The minimum atomic E-state index is -1.50. The van der Waals surface area contributed by atoms with Gasteiger partial charge in [0.2, 0.25) is 0 Å². The van der Waals surface area contributed by atoms with E-state index >= 15 is 0 Å². The van der Waals surface area contributed by atoms with E-state index < -0.39 is 8.32 Å². The molecule has 2 heteroatoms. The molecule has 18 heavy (non-hydrogen) atoms. The van der Waals surface area contributed by atoms with Crippen molar-refractivity contribution in [1.29, 1.82) is 0 Å². The van der Waals surface area contributed by atoms with Crippen molar-refractivity contribution >= 4 is 14.4 Å². The molecule has 1 aromatic rings. The summed E-state index contributed by atoms with van der Waals surface area (Å²) in [5.41, 5.74) is 2.46. The van der Waals surface area contributed by atoms with E-state index in [-0.39, 0.29) is 5.60 Å². The molecule has 100 valence electrons. The molecule has 1 nitrogen and oxygen atoms in total. The summed E-state index contributed by atoms with van der Waals surface area (Å²) >= 11 is 0. The highest BCUT2D eigenvalue weighted by Crippen LogP contribution is 2.26. The fourth-order valence-corrected chi connectivity index (χ4v) is 3.87. The van der Waals surface area contributed by atoms with Crippen molar-refractivity contribution in [3.63, 3.8) is 0 Å². The summed E-state index contributed by atoms with van der Waals surface area (Å²) in [5, 5.41) is 0. The highest BCUT2D eigenvalue weighted by atomic mass is 28.4. The molecule has 0 heterocycles. The average molecular weight is 262 g/mol. The van der Waals surface area contributed by atoms with Crippen molar-refractivity contribution in [2.75, 3.05) is 0 Å². The first-order valence-electron chi connectivity index (χ1n) is 6.69. The van der Waals surface area contributed by atoms with Gasteiger partial charge in [0.05, 0.1) is 5.60 Å². The molecule has 0 radical (unpaired) electrons. The summed E-state index contributed by atoms with van der Waals surface area (Å²) in [6.45, 7) is 15.0. The maximum absolute atomic E-state index is 6.35. The average Bonchev–Trinajstić information content (AvgIpc) is 2.27. The Balaban J connectivity index is 2.80. The summed E-state index contributed by atoms with van der Waals surface area (Å²) in [6, 6.07) is 8.59. The van der Waals surface area contributed by atoms with Gasteiger partial charge < -0.3 is 4.43 Å². The number of hydrogen-bond donors (Lipinski definition) is 0. The third-order valence-electron chi connectivity index (χ3n) is 3.09. The quantitative estimate of drug-likeness (QED) is 0.663. The lowest BCUT2D eigenvalue weighted by Gasteiger charge is -2.36. The summed E-state index contributed by atoms with van der Waals surface area (Å²) in [4.78, 5) is 0. The van der Waals surface area contributed by atoms with Crippen molar-refractivity contribution in [3.8, 4) is 0 Å². The standard InChI is InChI=1S/C16H26OSi/c1-7-14-9-11-15(12-10-14)13-16(3,8-2)17-18(4,5)6/h7,9-12H,1,8,13H2,2-6H3. The first kappa shape index (κ1) is 15.2. The van der Waals surface area contributed by atoms with Crippen LogP contribution in [-0.2, 0) is 10.8 Å². The molecule has 1 aromatic carbocycles. The lowest BCUT2D eigenvalue weighted by molar-refractivity contribution is 0.0766. The summed E-state index contributed by atoms with van der Waals surface area (Å²) in [6.07, 6.45) is 3.90. The van der Waals surface area contributed by atoms with Crippen LogP contribution < -0.4 is 0 Å². The van der Waals surface area contributed by atoms with Crippen molar-refractivity contribution in [3.05, 3.63) is 42.0 Å². The van der Waals surface area contributed by atoms with Crippen LogP contribution in [0.1, 0.15) is 31.4 Å². The fraction of sp³-hybridized carbons (Fsp3) is 0.500. The Kier molecular flexibility index (Phi) is 4.94. The van der Waals surface area contributed by atoms with E-state index in [0.29, 0.717) is 0 Å². The molecule has 0 amide bonds. The van der Waals surface area contributed by atoms with Crippen molar-refractivity contribution in [2.24, 2.45) is 0 Å². The molecule has 0 saturated heterocycles. The zero-order chi connectivity index (χ0) is 13.8. The van der Waals surface area contributed by atoms with Crippen LogP contribution in [0.25, 0.3) is 6.08 Å². The highest BCUT2D eigenvalue weighted by Gasteiger charge is 2.30. The maximum Gasteiger partial charge on any atom is 0.184 e. The molecule has 0 spiro atoms. The van der Waals surface area contributed by atoms with Crippen LogP contribution in [0.2, 0.25) is 19.6 Å². The Bertz CT molecular complexity index is 389. The molecule has 1 unspecified atom stereocenters. The third-order valence-corrected chi connectivity index (χ3v) is 4.20. The SMILES string of the molecule is C=Cc1ccc(CC(C)(CC)O[Si](C)(C)C)cc1. The van der Waals surface area contributed by atoms with Crippen LogP contribution in [0, 0.1) is 0 Å². The van der Waals surface area contributed by atoms with Crippen LogP contribution in [0.3, 0.4) is 0 Å². The first-order valence-corrected chi connectivity index (χ1v) is 10.1. The van der Waals surface area contributed by atoms with E-state index in [2.05, 4.69) is 64.3 Å². The molecule has 0 N–H and O–H groups in total. The van der Waals surface area contributed by atoms with Gasteiger partial charge in [0.25, 0.3) is 0 Å². The largest absolute Gasteiger partial charge is 0.412 e. The van der Waals surface area contributed by atoms with Gasteiger partial charge in [0.15, 0.2) is 8.32 Å². The second-order valence-electron chi connectivity index (χ2n) is 6.14. The minimum Gasteiger partial charge on any atom is -0.412 e. The van der Waals surface area contributed by atoms with Crippen molar-refractivity contribution in [1.82, 2.24) is 0 Å². The van der Waals surface area contributed by atoms with Gasteiger partial charge >= 0.3 is 0 Å². The van der Waals surface area contributed by atoms with Crippen molar-refractivity contribution in [2.45, 2.75) is 51.9 Å². The molecule has 0 aliphatic carbocycles. The van der Waals surface area contributed by atoms with Gasteiger partial charge in [-0.05, 0) is 50.5 Å². The van der Waals surface area contributed by atoms with Crippen LogP contribution in [0.4, 0.5) is 0 Å². The predicted octanol–water partition coefficient (Wildman–Crippen LogP) is 4.89. The summed E-state index contributed by atoms with van der Waals surface area (Å²) < 4.78 is 6.35. The van der Waals surface area contributed by atoms with E-state index in [0.717, 1.165) is 12.8 Å². The molecular formula is C16H26OSi. The van der Waals surface area contributed by atoms with Crippen molar-refractivity contribution < 1.29 is 4.43 Å². The molecule has 1 atom stereocenters. The molecule has 0 aliphatic rings. The van der Waals surface area contributed by atoms with E-state index in [1.165, 1.54) is 11.1 Å². The van der Waals surface area contributed by atoms with Gasteiger partial charge in [0, 0.05) is 0 Å². The lowest BCUT2D eigenvalue weighted by Crippen LogP contribution is -2.41. The molecule has 0 aliphatic heterocycles. The van der Waals surface area contributed by atoms with Gasteiger partial charge in [-0.1, -0.05) is 43.8 Å². The van der Waals surface area contributed by atoms with E-state index in [4.69, 9.17) is 4.43 Å². The summed E-state index contributed by atoms with van der Waals surface area (Å²) in [7, 11) is -1.50. The van der Waals surface area contributed by atoms with E-state index in [1.807, 2.05) is 6.08 Å². The normalized spacial score (nSPS) is 15.2. The maximum atomic E-state index is 6.35. The molecule has 0 fully saturated rings. The van der Waals surface area contributed by atoms with Crippen LogP contribution in [0.15, 0.2) is 30.8 Å². The Morgan fingerprint density at radius 3 is 2.17 bits per heavy atom. The van der Waals surface area contributed by atoms with Crippen LogP contribution >= 0.6 is 0 Å². The third kappa shape index (κ3) is 4.79. The Labute approximate surface area is 113 Å². The lowest BCUT2D eigenvalue weighted by atomic mass is 9.94. The number of rotatable bonds is 6. The Morgan fingerprint density at radius 1 is 1.22 bits per heavy atom. The molecular weight excluding hydrogens is 236 g/mol. The summed E-state index contributed by atoms with van der Waals surface area (Å²) in [5.74, 6) is 0. The van der Waals surface area contributed by atoms with Crippen LogP contribution in [0.5, 0.6) is 0 Å². The van der Waals surface area contributed by atoms with Gasteiger partial charge in [-0.25, -0.2) is 0 Å². The molecule has 0 aromatic heterocycles. The smallest absolute Gasteiger partial charge is 0.184 e. The Morgan fingerprint density at radius 2 is 1.78 bits per heavy atom. The van der Waals surface area contributed by atoms with Gasteiger partial charge in [-0.15, -0.1) is 0 Å². The second kappa shape index (κ2) is 5.85. The number of hydrogen-bond acceptors (Lipinski definition) is 1. The van der Waals surface area contributed by atoms with Gasteiger partial charge in [0.1, 0.15) is 0 Å². The van der Waals surface area contributed by atoms with Gasteiger partial charge in [-0.2, -0.15) is 0 Å². The first-order chi connectivity index (χ1) is 8.28. The fourth-order valence-electron chi connectivity index (χ4n) is 2.18. The Hall–Kier alpha value is -0.863. The molecule has 0 bridgehead atoms. The van der Waals surface area contributed by atoms with E-state index in [1.54, 1.807) is 0 Å². The molecule has 0 saturated carbocycles. The van der Waals surface area contributed by atoms with Crippen LogP contribution in [-0.4, -0.2) is 13.9 Å². The topological polar surface area (TPSA) is 9.23 Å². The van der Waals surface area contributed by atoms with E-state index in [9.17, 15) is 0 Å². The molecule has 1 rings (SSSR count). The zero-order valence-corrected chi connectivity index (χ0v) is 13.4. The zero-order valence-electron chi connectivity index (χ0n) is 12.4. The minimum absolute atomic E-state index is 0.0415.